The molecule has 28 heavy (non-hydrogen) atoms. The molecular formula is C20H24N4O4. The van der Waals surface area contributed by atoms with Crippen LogP contribution in [-0.4, -0.2) is 41.8 Å². The molecule has 2 aromatic rings. The minimum atomic E-state index is -0.478. The maximum atomic E-state index is 12.2. The highest BCUT2D eigenvalue weighted by Gasteiger charge is 2.15. The SMILES string of the molecule is Cc1cccc(NC(=O)CN(C)C(=O)CCNc2ccccc2[N+](=O)[O-])c1C. The molecule has 0 aliphatic carbocycles. The van der Waals surface area contributed by atoms with Crippen LogP contribution in [0.2, 0.25) is 0 Å². The van der Waals surface area contributed by atoms with Crippen LogP contribution in [0.25, 0.3) is 0 Å². The summed E-state index contributed by atoms with van der Waals surface area (Å²) in [6, 6.07) is 11.9. The molecule has 0 fully saturated rings. The summed E-state index contributed by atoms with van der Waals surface area (Å²) in [6.45, 7) is 4.04. The average Bonchev–Trinajstić information content (AvgIpc) is 2.65. The topological polar surface area (TPSA) is 105 Å². The highest BCUT2D eigenvalue weighted by Crippen LogP contribution is 2.23. The summed E-state index contributed by atoms with van der Waals surface area (Å²) in [5.74, 6) is -0.515. The number of benzene rings is 2. The first-order valence-corrected chi connectivity index (χ1v) is 8.87. The second-order valence-corrected chi connectivity index (χ2v) is 6.50. The molecule has 8 nitrogen and oxygen atoms in total. The molecule has 2 rings (SSSR count). The molecule has 0 heterocycles. The Morgan fingerprint density at radius 1 is 1.07 bits per heavy atom. The third kappa shape index (κ3) is 5.54. The Kier molecular flexibility index (Phi) is 7.08. The van der Waals surface area contributed by atoms with E-state index in [9.17, 15) is 19.7 Å². The molecule has 2 amide bonds. The van der Waals surface area contributed by atoms with Gasteiger partial charge in [0.15, 0.2) is 0 Å². The van der Waals surface area contributed by atoms with Crippen molar-refractivity contribution in [3.8, 4) is 0 Å². The number of nitro groups is 1. The summed E-state index contributed by atoms with van der Waals surface area (Å²) in [4.78, 5) is 36.3. The molecule has 0 aliphatic heterocycles. The minimum absolute atomic E-state index is 0.0452. The van der Waals surface area contributed by atoms with Crippen molar-refractivity contribution in [3.05, 3.63) is 63.7 Å². The monoisotopic (exact) mass is 384 g/mol. The predicted molar refractivity (Wildman–Crippen MR) is 108 cm³/mol. The van der Waals surface area contributed by atoms with Crippen molar-refractivity contribution in [3.63, 3.8) is 0 Å². The lowest BCUT2D eigenvalue weighted by atomic mass is 10.1. The first-order valence-electron chi connectivity index (χ1n) is 8.87. The summed E-state index contributed by atoms with van der Waals surface area (Å²) < 4.78 is 0. The van der Waals surface area contributed by atoms with Gasteiger partial charge in [0.25, 0.3) is 5.69 Å². The molecule has 0 bridgehead atoms. The van der Waals surface area contributed by atoms with Gasteiger partial charge in [-0.05, 0) is 37.1 Å². The summed E-state index contributed by atoms with van der Waals surface area (Å²) in [5, 5.41) is 16.7. The van der Waals surface area contributed by atoms with Gasteiger partial charge in [0, 0.05) is 31.8 Å². The first kappa shape index (κ1) is 20.9. The number of carbonyl (C=O) groups is 2. The summed E-state index contributed by atoms with van der Waals surface area (Å²) in [5.41, 5.74) is 3.09. The Morgan fingerprint density at radius 2 is 1.75 bits per heavy atom. The van der Waals surface area contributed by atoms with Gasteiger partial charge in [-0.3, -0.25) is 19.7 Å². The van der Waals surface area contributed by atoms with Crippen LogP contribution in [0.1, 0.15) is 17.5 Å². The summed E-state index contributed by atoms with van der Waals surface area (Å²) in [6.07, 6.45) is 0.110. The lowest BCUT2D eigenvalue weighted by Crippen LogP contribution is -2.35. The lowest BCUT2D eigenvalue weighted by molar-refractivity contribution is -0.384. The Hall–Kier alpha value is -3.42. The molecule has 2 aromatic carbocycles. The number of aryl methyl sites for hydroxylation is 1. The van der Waals surface area contributed by atoms with E-state index in [4.69, 9.17) is 0 Å². The fourth-order valence-electron chi connectivity index (χ4n) is 2.66. The first-order chi connectivity index (χ1) is 13.3. The number of nitro benzene ring substituents is 1. The zero-order valence-corrected chi connectivity index (χ0v) is 16.2. The van der Waals surface area contributed by atoms with Crippen molar-refractivity contribution in [1.29, 1.82) is 0 Å². The fourth-order valence-corrected chi connectivity index (χ4v) is 2.66. The maximum absolute atomic E-state index is 12.2. The quantitative estimate of drug-likeness (QED) is 0.537. The van der Waals surface area contributed by atoms with Gasteiger partial charge in [-0.25, -0.2) is 0 Å². The van der Waals surface area contributed by atoms with Crippen molar-refractivity contribution in [2.24, 2.45) is 0 Å². The highest BCUT2D eigenvalue weighted by atomic mass is 16.6. The number of nitrogens with one attached hydrogen (secondary N) is 2. The number of hydrogen-bond donors (Lipinski definition) is 2. The normalized spacial score (nSPS) is 10.2. The van der Waals surface area contributed by atoms with Crippen LogP contribution in [0.5, 0.6) is 0 Å². The van der Waals surface area contributed by atoms with Gasteiger partial charge >= 0.3 is 0 Å². The summed E-state index contributed by atoms with van der Waals surface area (Å²) in [7, 11) is 1.55. The van der Waals surface area contributed by atoms with Gasteiger partial charge in [-0.1, -0.05) is 24.3 Å². The van der Waals surface area contributed by atoms with Gasteiger partial charge in [-0.2, -0.15) is 0 Å². The van der Waals surface area contributed by atoms with Crippen LogP contribution in [0.15, 0.2) is 42.5 Å². The second-order valence-electron chi connectivity index (χ2n) is 6.50. The van der Waals surface area contributed by atoms with Crippen LogP contribution < -0.4 is 10.6 Å². The molecule has 0 aliphatic rings. The van der Waals surface area contributed by atoms with E-state index in [-0.39, 0.29) is 37.0 Å². The number of hydrogen-bond acceptors (Lipinski definition) is 5. The van der Waals surface area contributed by atoms with E-state index < -0.39 is 4.92 Å². The van der Waals surface area contributed by atoms with E-state index in [1.807, 2.05) is 32.0 Å². The van der Waals surface area contributed by atoms with Crippen molar-refractivity contribution in [2.45, 2.75) is 20.3 Å². The van der Waals surface area contributed by atoms with E-state index in [1.165, 1.54) is 11.0 Å². The van der Waals surface area contributed by atoms with E-state index in [1.54, 1.807) is 25.2 Å². The number of amides is 2. The molecular weight excluding hydrogens is 360 g/mol. The molecule has 0 spiro atoms. The fraction of sp³-hybridized carbons (Fsp3) is 0.300. The van der Waals surface area contributed by atoms with Gasteiger partial charge in [0.1, 0.15) is 5.69 Å². The van der Waals surface area contributed by atoms with Crippen molar-refractivity contribution < 1.29 is 14.5 Å². The number of nitrogens with zero attached hydrogens (tertiary/aromatic N) is 2. The average molecular weight is 384 g/mol. The molecule has 0 saturated heterocycles. The number of carbonyl (C=O) groups excluding carboxylic acids is 2. The molecule has 8 heteroatoms. The third-order valence-corrected chi connectivity index (χ3v) is 4.44. The number of anilines is 2. The highest BCUT2D eigenvalue weighted by molar-refractivity contribution is 5.95. The standard InChI is InChI=1S/C20H24N4O4/c1-14-7-6-9-16(15(14)2)22-19(25)13-23(3)20(26)11-12-21-17-8-4-5-10-18(17)24(27)28/h4-10,21H,11-13H2,1-3H3,(H,22,25). The van der Waals surface area contributed by atoms with Gasteiger partial charge < -0.3 is 15.5 Å². The van der Waals surface area contributed by atoms with Crippen molar-refractivity contribution in [2.75, 3.05) is 30.8 Å². The van der Waals surface area contributed by atoms with Gasteiger partial charge in [0.05, 0.1) is 11.5 Å². The predicted octanol–water partition coefficient (Wildman–Crippen LogP) is 3.11. The molecule has 2 N–H and O–H groups in total. The molecule has 0 unspecified atom stereocenters. The van der Waals surface area contributed by atoms with Crippen molar-refractivity contribution >= 4 is 28.9 Å². The van der Waals surface area contributed by atoms with E-state index in [0.29, 0.717) is 5.69 Å². The Bertz CT molecular complexity index is 882. The zero-order chi connectivity index (χ0) is 20.7. The molecule has 0 radical (unpaired) electrons. The number of para-hydroxylation sites is 2. The third-order valence-electron chi connectivity index (χ3n) is 4.44. The van der Waals surface area contributed by atoms with Crippen LogP contribution in [0.4, 0.5) is 17.1 Å². The van der Waals surface area contributed by atoms with E-state index >= 15 is 0 Å². The Morgan fingerprint density at radius 3 is 2.46 bits per heavy atom. The van der Waals surface area contributed by atoms with Crippen LogP contribution in [0.3, 0.4) is 0 Å². The smallest absolute Gasteiger partial charge is 0.292 e. The van der Waals surface area contributed by atoms with Crippen LogP contribution in [0, 0.1) is 24.0 Å². The van der Waals surface area contributed by atoms with E-state index in [2.05, 4.69) is 10.6 Å². The second kappa shape index (κ2) is 9.50. The molecule has 148 valence electrons. The molecule has 0 saturated carbocycles. The molecule has 0 atom stereocenters. The van der Waals surface area contributed by atoms with Crippen molar-refractivity contribution in [1.82, 2.24) is 4.90 Å². The number of likely N-dealkylation sites (N-methyl/N-ethyl adjacent to an activating group) is 1. The van der Waals surface area contributed by atoms with E-state index in [0.717, 1.165) is 16.8 Å². The lowest BCUT2D eigenvalue weighted by Gasteiger charge is -2.18. The van der Waals surface area contributed by atoms with Gasteiger partial charge in [-0.15, -0.1) is 0 Å². The largest absolute Gasteiger partial charge is 0.379 e. The Labute approximate surface area is 163 Å². The van der Waals surface area contributed by atoms with Crippen LogP contribution in [-0.2, 0) is 9.59 Å². The maximum Gasteiger partial charge on any atom is 0.292 e. The van der Waals surface area contributed by atoms with Gasteiger partial charge in [0.2, 0.25) is 11.8 Å². The minimum Gasteiger partial charge on any atom is -0.379 e. The van der Waals surface area contributed by atoms with Crippen LogP contribution >= 0.6 is 0 Å². The molecule has 0 aromatic heterocycles. The zero-order valence-electron chi connectivity index (χ0n) is 16.2. The summed E-state index contributed by atoms with van der Waals surface area (Å²) >= 11 is 0. The Balaban J connectivity index is 1.83. The number of rotatable bonds is 8.